The lowest BCUT2D eigenvalue weighted by molar-refractivity contribution is 0.729. The van der Waals surface area contributed by atoms with E-state index in [1.807, 2.05) is 61.5 Å². The number of nitrogens with zero attached hydrogens (tertiary/aromatic N) is 1. The van der Waals surface area contributed by atoms with Gasteiger partial charge in [0.05, 0.1) is 6.54 Å². The molecule has 24 heavy (non-hydrogen) atoms. The third-order valence-corrected chi connectivity index (χ3v) is 4.20. The molecule has 3 nitrogen and oxygen atoms in total. The molecule has 0 aliphatic rings. The lowest BCUT2D eigenvalue weighted by atomic mass is 10.1. The predicted molar refractivity (Wildman–Crippen MR) is 99.5 cm³/mol. The fourth-order valence-electron chi connectivity index (χ4n) is 2.86. The summed E-state index contributed by atoms with van der Waals surface area (Å²) in [4.78, 5) is 12.5. The number of anilines is 1. The first-order valence-electron chi connectivity index (χ1n) is 8.20. The van der Waals surface area contributed by atoms with Crippen molar-refractivity contribution in [3.63, 3.8) is 0 Å². The molecule has 1 aromatic heterocycles. The Kier molecular flexibility index (Phi) is 4.80. The van der Waals surface area contributed by atoms with Crippen LogP contribution < -0.4 is 10.9 Å². The zero-order valence-corrected chi connectivity index (χ0v) is 14.1. The van der Waals surface area contributed by atoms with Gasteiger partial charge in [-0.3, -0.25) is 4.79 Å². The molecule has 0 radical (unpaired) electrons. The van der Waals surface area contributed by atoms with Crippen LogP contribution in [-0.4, -0.2) is 4.57 Å². The summed E-state index contributed by atoms with van der Waals surface area (Å²) in [5, 5.41) is 3.42. The summed E-state index contributed by atoms with van der Waals surface area (Å²) in [6, 6.07) is 24.1. The highest BCUT2D eigenvalue weighted by molar-refractivity contribution is 5.46. The number of aryl methyl sites for hydroxylation is 1. The van der Waals surface area contributed by atoms with Gasteiger partial charge in [0.2, 0.25) is 0 Å². The Bertz CT molecular complexity index is 854. The first-order chi connectivity index (χ1) is 11.6. The van der Waals surface area contributed by atoms with Gasteiger partial charge in [0.1, 0.15) is 0 Å². The van der Waals surface area contributed by atoms with E-state index in [0.29, 0.717) is 6.54 Å². The predicted octanol–water partition coefficient (Wildman–Crippen LogP) is 4.38. The largest absolute Gasteiger partial charge is 0.378 e. The summed E-state index contributed by atoms with van der Waals surface area (Å²) < 4.78 is 1.80. The monoisotopic (exact) mass is 318 g/mol. The molecule has 2 aromatic carbocycles. The van der Waals surface area contributed by atoms with E-state index in [0.717, 1.165) is 16.9 Å². The number of rotatable bonds is 5. The van der Waals surface area contributed by atoms with E-state index in [1.54, 1.807) is 10.6 Å². The van der Waals surface area contributed by atoms with Crippen molar-refractivity contribution in [2.24, 2.45) is 0 Å². The van der Waals surface area contributed by atoms with E-state index in [1.165, 1.54) is 5.56 Å². The van der Waals surface area contributed by atoms with Crippen molar-refractivity contribution in [2.45, 2.75) is 26.4 Å². The molecule has 0 saturated carbocycles. The van der Waals surface area contributed by atoms with Crippen LogP contribution in [0, 0.1) is 6.92 Å². The van der Waals surface area contributed by atoms with Crippen LogP contribution in [0.4, 0.5) is 5.69 Å². The maximum atomic E-state index is 12.5. The number of pyridine rings is 1. The quantitative estimate of drug-likeness (QED) is 0.757. The Balaban J connectivity index is 1.81. The molecule has 0 fully saturated rings. The highest BCUT2D eigenvalue weighted by Gasteiger charge is 2.08. The number of aromatic nitrogens is 1. The summed E-state index contributed by atoms with van der Waals surface area (Å²) in [6.45, 7) is 4.67. The fraction of sp³-hybridized carbons (Fsp3) is 0.190. The van der Waals surface area contributed by atoms with Gasteiger partial charge < -0.3 is 9.88 Å². The third kappa shape index (κ3) is 3.74. The molecule has 1 heterocycles. The minimum Gasteiger partial charge on any atom is -0.378 e. The molecular formula is C21H22N2O. The Labute approximate surface area is 142 Å². The lowest BCUT2D eigenvalue weighted by Crippen LogP contribution is -2.23. The van der Waals surface area contributed by atoms with Gasteiger partial charge in [-0.15, -0.1) is 0 Å². The van der Waals surface area contributed by atoms with Crippen molar-refractivity contribution in [3.8, 4) is 0 Å². The van der Waals surface area contributed by atoms with E-state index in [9.17, 15) is 4.79 Å². The molecule has 0 saturated heterocycles. The van der Waals surface area contributed by atoms with Crippen LogP contribution in [0.2, 0.25) is 0 Å². The molecule has 0 amide bonds. The second-order valence-electron chi connectivity index (χ2n) is 6.07. The van der Waals surface area contributed by atoms with Crippen molar-refractivity contribution in [3.05, 3.63) is 100.0 Å². The molecule has 0 aliphatic heterocycles. The van der Waals surface area contributed by atoms with Crippen LogP contribution in [0.5, 0.6) is 0 Å². The van der Waals surface area contributed by atoms with E-state index >= 15 is 0 Å². The number of hydrogen-bond acceptors (Lipinski definition) is 2. The van der Waals surface area contributed by atoms with Crippen LogP contribution >= 0.6 is 0 Å². The maximum Gasteiger partial charge on any atom is 0.253 e. The minimum atomic E-state index is 0.0154. The zero-order chi connectivity index (χ0) is 16.9. The van der Waals surface area contributed by atoms with Gasteiger partial charge in [-0.1, -0.05) is 60.7 Å². The highest BCUT2D eigenvalue weighted by Crippen LogP contribution is 2.18. The first kappa shape index (κ1) is 16.1. The number of benzene rings is 2. The van der Waals surface area contributed by atoms with Crippen LogP contribution in [0.25, 0.3) is 0 Å². The molecule has 3 aromatic rings. The average Bonchev–Trinajstić information content (AvgIpc) is 2.60. The Morgan fingerprint density at radius 2 is 1.58 bits per heavy atom. The second-order valence-corrected chi connectivity index (χ2v) is 6.07. The van der Waals surface area contributed by atoms with Crippen LogP contribution in [0.15, 0.2) is 77.6 Å². The molecule has 1 unspecified atom stereocenters. The maximum absolute atomic E-state index is 12.5. The Hall–Kier alpha value is -2.81. The normalized spacial score (nSPS) is 11.9. The summed E-state index contributed by atoms with van der Waals surface area (Å²) in [5.41, 5.74) is 4.15. The summed E-state index contributed by atoms with van der Waals surface area (Å²) >= 11 is 0. The van der Waals surface area contributed by atoms with Crippen LogP contribution in [0.3, 0.4) is 0 Å². The third-order valence-electron chi connectivity index (χ3n) is 4.20. The Morgan fingerprint density at radius 3 is 2.21 bits per heavy atom. The van der Waals surface area contributed by atoms with Crippen molar-refractivity contribution in [1.82, 2.24) is 4.57 Å². The van der Waals surface area contributed by atoms with Gasteiger partial charge in [0, 0.05) is 23.5 Å². The van der Waals surface area contributed by atoms with Gasteiger partial charge >= 0.3 is 0 Å². The highest BCUT2D eigenvalue weighted by atomic mass is 16.1. The van der Waals surface area contributed by atoms with Crippen molar-refractivity contribution in [1.29, 1.82) is 0 Å². The fourth-order valence-corrected chi connectivity index (χ4v) is 2.86. The molecule has 3 heteroatoms. The molecule has 0 aliphatic carbocycles. The van der Waals surface area contributed by atoms with Crippen LogP contribution in [0.1, 0.15) is 29.8 Å². The molecule has 1 atom stereocenters. The van der Waals surface area contributed by atoms with E-state index < -0.39 is 0 Å². The standard InChI is InChI=1S/C21H22N2O/c1-16-13-20(22-17(2)19-11-7-4-8-12-19)14-21(24)23(16)15-18-9-5-3-6-10-18/h3-14,17,22H,15H2,1-2H3. The van der Waals surface area contributed by atoms with Crippen molar-refractivity contribution >= 4 is 5.69 Å². The Morgan fingerprint density at radius 1 is 0.958 bits per heavy atom. The van der Waals surface area contributed by atoms with Crippen molar-refractivity contribution < 1.29 is 0 Å². The topological polar surface area (TPSA) is 34.0 Å². The molecule has 0 bridgehead atoms. The van der Waals surface area contributed by atoms with Gasteiger partial charge in [0.25, 0.3) is 5.56 Å². The van der Waals surface area contributed by atoms with Gasteiger partial charge in [-0.05, 0) is 31.0 Å². The smallest absolute Gasteiger partial charge is 0.253 e. The van der Waals surface area contributed by atoms with Gasteiger partial charge in [-0.25, -0.2) is 0 Å². The van der Waals surface area contributed by atoms with Crippen molar-refractivity contribution in [2.75, 3.05) is 5.32 Å². The summed E-state index contributed by atoms with van der Waals surface area (Å²) in [6.07, 6.45) is 0. The van der Waals surface area contributed by atoms with E-state index in [4.69, 9.17) is 0 Å². The molecule has 122 valence electrons. The van der Waals surface area contributed by atoms with Gasteiger partial charge in [-0.2, -0.15) is 0 Å². The lowest BCUT2D eigenvalue weighted by Gasteiger charge is -2.17. The first-order valence-corrected chi connectivity index (χ1v) is 8.20. The summed E-state index contributed by atoms with van der Waals surface area (Å²) in [7, 11) is 0. The van der Waals surface area contributed by atoms with Gasteiger partial charge in [0.15, 0.2) is 0 Å². The van der Waals surface area contributed by atoms with Crippen LogP contribution in [-0.2, 0) is 6.54 Å². The van der Waals surface area contributed by atoms with E-state index in [2.05, 4.69) is 24.4 Å². The summed E-state index contributed by atoms with van der Waals surface area (Å²) in [5.74, 6) is 0. The SMILES string of the molecule is Cc1cc(NC(C)c2ccccc2)cc(=O)n1Cc1ccccc1. The number of hydrogen-bond donors (Lipinski definition) is 1. The molecule has 0 spiro atoms. The molecule has 3 rings (SSSR count). The average molecular weight is 318 g/mol. The molecular weight excluding hydrogens is 296 g/mol. The molecule has 1 N–H and O–H groups in total. The van der Waals surface area contributed by atoms with E-state index in [-0.39, 0.29) is 11.6 Å². The number of nitrogens with one attached hydrogen (secondary N) is 1. The minimum absolute atomic E-state index is 0.0154. The second kappa shape index (κ2) is 7.18. The zero-order valence-electron chi connectivity index (χ0n) is 14.1.